The molecule has 220 valence electrons. The number of primary amides is 1. The van der Waals surface area contributed by atoms with Gasteiger partial charge in [-0.2, -0.15) is 0 Å². The SMILES string of the molecule is C[C@@H](OC(=O)[C@@H](N)CCC(N)=O)OC(C(=O)OC1CC2CCC(C1)[N+]21CCCC1)(c1ccccc1)c1ccccc1. The summed E-state index contributed by atoms with van der Waals surface area (Å²) in [6.07, 6.45) is 5.26. The molecule has 3 heterocycles. The van der Waals surface area contributed by atoms with Crippen LogP contribution >= 0.6 is 0 Å². The molecule has 2 aromatic carbocycles. The lowest BCUT2D eigenvalue weighted by atomic mass is 9.85. The summed E-state index contributed by atoms with van der Waals surface area (Å²) >= 11 is 0. The summed E-state index contributed by atoms with van der Waals surface area (Å²) in [5, 5.41) is 0. The Balaban J connectivity index is 1.41. The number of esters is 2. The molecule has 5 rings (SSSR count). The highest BCUT2D eigenvalue weighted by Crippen LogP contribution is 2.47. The monoisotopic (exact) mass is 564 g/mol. The Labute approximate surface area is 241 Å². The standard InChI is InChI=1S/C32H41N3O6/c1-22(39-30(37)28(33)16-17-29(34)36)41-32(23-10-4-2-5-11-23,24-12-6-3-7-13-24)31(38)40-27-20-25-14-15-26(21-27)35(25)18-8-9-19-35/h2-7,10-13,22,25-28H,8-9,14-21,33H2,1H3,(H-,34,36)/p+1/t22-,25?,26?,27?,28-/m0/s1. The zero-order chi connectivity index (χ0) is 29.0. The normalized spacial score (nSPS) is 24.5. The summed E-state index contributed by atoms with van der Waals surface area (Å²) in [6.45, 7) is 4.03. The van der Waals surface area contributed by atoms with Gasteiger partial charge in [0.05, 0.1) is 25.2 Å². The maximum absolute atomic E-state index is 14.4. The molecule has 1 spiro atoms. The lowest BCUT2D eigenvalue weighted by Crippen LogP contribution is -2.60. The topological polar surface area (TPSA) is 131 Å². The third-order valence-corrected chi connectivity index (χ3v) is 9.31. The van der Waals surface area contributed by atoms with Crippen LogP contribution in [0.2, 0.25) is 0 Å². The van der Waals surface area contributed by atoms with Crippen molar-refractivity contribution in [3.05, 3.63) is 71.8 Å². The van der Waals surface area contributed by atoms with Gasteiger partial charge >= 0.3 is 11.9 Å². The van der Waals surface area contributed by atoms with E-state index in [4.69, 9.17) is 25.7 Å². The number of piperidine rings is 1. The quantitative estimate of drug-likeness (QED) is 0.243. The molecule has 9 heteroatoms. The lowest BCUT2D eigenvalue weighted by Gasteiger charge is -2.47. The Morgan fingerprint density at radius 1 is 0.927 bits per heavy atom. The van der Waals surface area contributed by atoms with Crippen molar-refractivity contribution in [2.24, 2.45) is 11.5 Å². The van der Waals surface area contributed by atoms with Gasteiger partial charge in [-0.1, -0.05) is 60.7 Å². The highest BCUT2D eigenvalue weighted by atomic mass is 16.7. The second-order valence-electron chi connectivity index (χ2n) is 11.8. The number of carbonyl (C=O) groups is 3. The van der Waals surface area contributed by atoms with Gasteiger partial charge in [0.25, 0.3) is 0 Å². The molecule has 0 aliphatic carbocycles. The maximum Gasteiger partial charge on any atom is 0.348 e. The van der Waals surface area contributed by atoms with Gasteiger partial charge in [-0.05, 0) is 24.5 Å². The van der Waals surface area contributed by atoms with E-state index in [9.17, 15) is 14.4 Å². The predicted molar refractivity (Wildman–Crippen MR) is 152 cm³/mol. The number of benzene rings is 2. The first-order valence-corrected chi connectivity index (χ1v) is 14.9. The van der Waals surface area contributed by atoms with Crippen LogP contribution < -0.4 is 11.5 Å². The molecule has 0 aromatic heterocycles. The van der Waals surface area contributed by atoms with Gasteiger partial charge in [0, 0.05) is 44.9 Å². The van der Waals surface area contributed by atoms with E-state index in [0.29, 0.717) is 23.2 Å². The fourth-order valence-corrected chi connectivity index (χ4v) is 7.41. The third kappa shape index (κ3) is 5.89. The molecular weight excluding hydrogens is 522 g/mol. The number of quaternary nitrogens is 1. The molecular formula is C32H42N3O6+. The molecule has 9 nitrogen and oxygen atoms in total. The molecule has 3 aliphatic rings. The zero-order valence-corrected chi connectivity index (χ0v) is 23.8. The van der Waals surface area contributed by atoms with Crippen molar-refractivity contribution in [1.29, 1.82) is 0 Å². The smallest absolute Gasteiger partial charge is 0.348 e. The van der Waals surface area contributed by atoms with Crippen molar-refractivity contribution in [1.82, 2.24) is 0 Å². The van der Waals surface area contributed by atoms with Crippen molar-refractivity contribution in [2.75, 3.05) is 13.1 Å². The third-order valence-electron chi connectivity index (χ3n) is 9.31. The first kappa shape index (κ1) is 29.2. The van der Waals surface area contributed by atoms with E-state index < -0.39 is 35.8 Å². The fourth-order valence-electron chi connectivity index (χ4n) is 7.41. The van der Waals surface area contributed by atoms with Crippen LogP contribution in [0.4, 0.5) is 0 Å². The van der Waals surface area contributed by atoms with Gasteiger partial charge in [-0.25, -0.2) is 4.79 Å². The second-order valence-corrected chi connectivity index (χ2v) is 11.8. The fraction of sp³-hybridized carbons (Fsp3) is 0.531. The molecule has 3 saturated heterocycles. The van der Waals surface area contributed by atoms with Crippen molar-refractivity contribution < 1.29 is 33.1 Å². The maximum atomic E-state index is 14.4. The van der Waals surface area contributed by atoms with E-state index in [0.717, 1.165) is 12.8 Å². The van der Waals surface area contributed by atoms with Crippen molar-refractivity contribution >= 4 is 17.8 Å². The number of hydrogen-bond acceptors (Lipinski definition) is 7. The largest absolute Gasteiger partial charge is 0.459 e. The Morgan fingerprint density at radius 3 is 1.98 bits per heavy atom. The van der Waals surface area contributed by atoms with Gasteiger partial charge in [0.1, 0.15) is 12.1 Å². The second kappa shape index (κ2) is 12.3. The first-order valence-electron chi connectivity index (χ1n) is 14.9. The Bertz CT molecular complexity index is 1160. The van der Waals surface area contributed by atoms with Gasteiger partial charge < -0.3 is 30.2 Å². The van der Waals surface area contributed by atoms with Crippen molar-refractivity contribution in [3.8, 4) is 0 Å². The van der Waals surface area contributed by atoms with E-state index in [1.165, 1.54) is 43.3 Å². The Morgan fingerprint density at radius 2 is 1.46 bits per heavy atom. The van der Waals surface area contributed by atoms with Crippen LogP contribution in [-0.2, 0) is 34.2 Å². The van der Waals surface area contributed by atoms with Gasteiger partial charge in [0.15, 0.2) is 0 Å². The Hall–Kier alpha value is -3.27. The van der Waals surface area contributed by atoms with Crippen LogP contribution in [0.15, 0.2) is 60.7 Å². The summed E-state index contributed by atoms with van der Waals surface area (Å²) in [5.74, 6) is -1.83. The van der Waals surface area contributed by atoms with E-state index in [2.05, 4.69) is 0 Å². The summed E-state index contributed by atoms with van der Waals surface area (Å²) in [4.78, 5) is 38.3. The average molecular weight is 565 g/mol. The molecule has 4 atom stereocenters. The molecule has 2 aromatic rings. The van der Waals surface area contributed by atoms with Crippen LogP contribution in [0.3, 0.4) is 0 Å². The summed E-state index contributed by atoms with van der Waals surface area (Å²) in [6, 6.07) is 18.3. The predicted octanol–water partition coefficient (Wildman–Crippen LogP) is 3.28. The van der Waals surface area contributed by atoms with Gasteiger partial charge in [0.2, 0.25) is 17.8 Å². The molecule has 2 bridgehead atoms. The van der Waals surface area contributed by atoms with Crippen LogP contribution in [-0.4, -0.2) is 65.9 Å². The summed E-state index contributed by atoms with van der Waals surface area (Å²) < 4.78 is 19.6. The zero-order valence-electron chi connectivity index (χ0n) is 23.8. The molecule has 0 saturated carbocycles. The molecule has 3 fully saturated rings. The van der Waals surface area contributed by atoms with Gasteiger partial charge in [-0.3, -0.25) is 9.59 Å². The van der Waals surface area contributed by atoms with Crippen LogP contribution in [0.1, 0.15) is 69.4 Å². The van der Waals surface area contributed by atoms with E-state index in [1.54, 1.807) is 6.92 Å². The van der Waals surface area contributed by atoms with Crippen LogP contribution in [0, 0.1) is 0 Å². The van der Waals surface area contributed by atoms with E-state index in [1.807, 2.05) is 60.7 Å². The Kier molecular flexibility index (Phi) is 8.77. The molecule has 0 radical (unpaired) electrons. The summed E-state index contributed by atoms with van der Waals surface area (Å²) in [5.41, 5.74) is 10.6. The number of carbonyl (C=O) groups excluding carboxylic acids is 3. The highest BCUT2D eigenvalue weighted by Gasteiger charge is 2.57. The molecule has 4 N–H and O–H groups in total. The van der Waals surface area contributed by atoms with Crippen LogP contribution in [0.25, 0.3) is 0 Å². The first-order chi connectivity index (χ1) is 19.7. The van der Waals surface area contributed by atoms with Crippen LogP contribution in [0.5, 0.6) is 0 Å². The number of nitrogens with two attached hydrogens (primary N) is 2. The highest BCUT2D eigenvalue weighted by molar-refractivity contribution is 5.86. The minimum atomic E-state index is -1.68. The number of ether oxygens (including phenoxy) is 3. The molecule has 41 heavy (non-hydrogen) atoms. The van der Waals surface area contributed by atoms with Crippen molar-refractivity contribution in [2.45, 2.75) is 94.4 Å². The lowest BCUT2D eigenvalue weighted by molar-refractivity contribution is -0.956. The number of amides is 1. The van der Waals surface area contributed by atoms with E-state index in [-0.39, 0.29) is 18.9 Å². The minimum Gasteiger partial charge on any atom is -0.459 e. The van der Waals surface area contributed by atoms with Crippen molar-refractivity contribution in [3.63, 3.8) is 0 Å². The van der Waals surface area contributed by atoms with Gasteiger partial charge in [-0.15, -0.1) is 0 Å². The molecule has 2 unspecified atom stereocenters. The number of nitrogens with zero attached hydrogens (tertiary/aromatic N) is 1. The average Bonchev–Trinajstić information content (AvgIpc) is 3.51. The minimum absolute atomic E-state index is 0.0425. The van der Waals surface area contributed by atoms with E-state index >= 15 is 0 Å². The molecule has 1 amide bonds. The molecule has 3 aliphatic heterocycles. The summed E-state index contributed by atoms with van der Waals surface area (Å²) in [7, 11) is 0. The number of rotatable bonds is 11. The number of hydrogen-bond donors (Lipinski definition) is 2.